The summed E-state index contributed by atoms with van der Waals surface area (Å²) in [4.78, 5) is 37.7. The maximum Gasteiger partial charge on any atom is 0.271 e. The van der Waals surface area contributed by atoms with Gasteiger partial charge in [0.1, 0.15) is 11.4 Å². The first-order valence-electron chi connectivity index (χ1n) is 10.7. The molecular formula is C23H28FN5O3S. The number of nitrogens with zero attached hydrogens (tertiary/aromatic N) is 3. The largest absolute Gasteiger partial charge is 0.391 e. The van der Waals surface area contributed by atoms with E-state index in [1.54, 1.807) is 23.7 Å². The minimum Gasteiger partial charge on any atom is -0.391 e. The summed E-state index contributed by atoms with van der Waals surface area (Å²) in [7, 11) is 0. The summed E-state index contributed by atoms with van der Waals surface area (Å²) in [5, 5.41) is 15.6. The van der Waals surface area contributed by atoms with Crippen molar-refractivity contribution in [2.45, 2.75) is 57.3 Å². The number of aliphatic hydroxyl groups is 1. The Kier molecular flexibility index (Phi) is 8.04. The van der Waals surface area contributed by atoms with Gasteiger partial charge in [-0.1, -0.05) is 12.1 Å². The predicted molar refractivity (Wildman–Crippen MR) is 124 cm³/mol. The van der Waals surface area contributed by atoms with Crippen LogP contribution in [0.2, 0.25) is 0 Å². The van der Waals surface area contributed by atoms with Crippen molar-refractivity contribution < 1.29 is 19.1 Å². The fraction of sp³-hybridized carbons (Fsp3) is 0.435. The number of carbonyl (C=O) groups excluding carboxylic acids is 2. The van der Waals surface area contributed by atoms with Crippen LogP contribution in [0.1, 0.15) is 49.3 Å². The van der Waals surface area contributed by atoms with Crippen LogP contribution >= 0.6 is 11.3 Å². The average molecular weight is 474 g/mol. The zero-order valence-corrected chi connectivity index (χ0v) is 19.4. The van der Waals surface area contributed by atoms with E-state index in [4.69, 9.17) is 5.73 Å². The minimum atomic E-state index is -1.46. The number of nitrogens with one attached hydrogen (secondary N) is 1. The first kappa shape index (κ1) is 24.7. The van der Waals surface area contributed by atoms with Crippen molar-refractivity contribution in [2.24, 2.45) is 11.7 Å². The van der Waals surface area contributed by atoms with Gasteiger partial charge in [0.05, 0.1) is 40.6 Å². The highest BCUT2D eigenvalue weighted by molar-refractivity contribution is 7.07. The maximum absolute atomic E-state index is 13.9. The maximum atomic E-state index is 13.9. The third-order valence-electron chi connectivity index (χ3n) is 5.39. The van der Waals surface area contributed by atoms with Crippen molar-refractivity contribution in [2.75, 3.05) is 0 Å². The first-order chi connectivity index (χ1) is 15.6. The number of carbonyl (C=O) groups is 2. The lowest BCUT2D eigenvalue weighted by molar-refractivity contribution is -0.123. The lowest BCUT2D eigenvalue weighted by atomic mass is 9.88. The lowest BCUT2D eigenvalue weighted by Gasteiger charge is -2.27. The summed E-state index contributed by atoms with van der Waals surface area (Å²) in [6.45, 7) is 2.86. The molecule has 2 heterocycles. The number of hydrogen-bond donors (Lipinski definition) is 3. The molecule has 0 aliphatic rings. The van der Waals surface area contributed by atoms with Crippen molar-refractivity contribution in [3.05, 3.63) is 52.7 Å². The van der Waals surface area contributed by atoms with Gasteiger partial charge in [0, 0.05) is 17.7 Å². The molecule has 2 aromatic heterocycles. The summed E-state index contributed by atoms with van der Waals surface area (Å²) in [6, 6.07) is 6.42. The Morgan fingerprint density at radius 2 is 1.97 bits per heavy atom. The molecule has 4 N–H and O–H groups in total. The van der Waals surface area contributed by atoms with Gasteiger partial charge in [-0.15, -0.1) is 11.3 Å². The molecule has 3 atom stereocenters. The number of halogens is 1. The molecule has 0 saturated carbocycles. The number of benzene rings is 1. The number of fused-ring (bicyclic) bond motifs is 1. The number of nitrogens with two attached hydrogens (primary N) is 1. The van der Waals surface area contributed by atoms with Crippen molar-refractivity contribution in [3.63, 3.8) is 0 Å². The van der Waals surface area contributed by atoms with E-state index in [0.29, 0.717) is 16.7 Å². The molecule has 10 heteroatoms. The van der Waals surface area contributed by atoms with E-state index >= 15 is 0 Å². The van der Waals surface area contributed by atoms with Gasteiger partial charge in [-0.05, 0) is 45.2 Å². The molecule has 0 saturated heterocycles. The molecule has 176 valence electrons. The molecule has 0 aliphatic carbocycles. The molecule has 33 heavy (non-hydrogen) atoms. The van der Waals surface area contributed by atoms with Crippen LogP contribution in [-0.2, 0) is 11.2 Å². The number of aliphatic hydroxyl groups excluding tert-OH is 1. The molecule has 0 bridgehead atoms. The quantitative estimate of drug-likeness (QED) is 0.392. The number of primary amides is 1. The SMILES string of the molecule is CC(C)(F)CCC(CC(O)C(Cc1cscn1)NC(=O)c1cnc2ccccc2n1)C(N)=O. The topological polar surface area (TPSA) is 131 Å². The number of alkyl halides is 1. The van der Waals surface area contributed by atoms with Crippen LogP contribution in [0.25, 0.3) is 11.0 Å². The predicted octanol–water partition coefficient (Wildman–Crippen LogP) is 2.81. The van der Waals surface area contributed by atoms with E-state index < -0.39 is 35.5 Å². The number of thiazole rings is 1. The molecule has 3 rings (SSSR count). The third kappa shape index (κ3) is 7.26. The second kappa shape index (κ2) is 10.8. The van der Waals surface area contributed by atoms with Crippen LogP contribution in [-0.4, -0.2) is 49.7 Å². The third-order valence-corrected chi connectivity index (χ3v) is 6.03. The highest BCUT2D eigenvalue weighted by Crippen LogP contribution is 2.24. The van der Waals surface area contributed by atoms with Crippen LogP contribution in [0, 0.1) is 5.92 Å². The van der Waals surface area contributed by atoms with Crippen LogP contribution in [0.3, 0.4) is 0 Å². The monoisotopic (exact) mass is 473 g/mol. The van der Waals surface area contributed by atoms with Gasteiger partial charge >= 0.3 is 0 Å². The molecule has 0 aliphatic heterocycles. The van der Waals surface area contributed by atoms with Crippen molar-refractivity contribution in [3.8, 4) is 0 Å². The van der Waals surface area contributed by atoms with E-state index in [9.17, 15) is 19.1 Å². The molecule has 3 aromatic rings. The Morgan fingerprint density at radius 3 is 2.61 bits per heavy atom. The number of para-hydroxylation sites is 2. The van der Waals surface area contributed by atoms with Crippen molar-refractivity contribution in [1.29, 1.82) is 0 Å². The van der Waals surface area contributed by atoms with Crippen molar-refractivity contribution in [1.82, 2.24) is 20.3 Å². The standard InChI is InChI=1S/C23H28FN5O3S/c1-23(2,24)8-7-14(21(25)31)9-20(30)18(10-15-12-33-13-27-15)29-22(32)19-11-26-16-5-3-4-6-17(16)28-19/h3-6,11-14,18,20,30H,7-10H2,1-2H3,(H2,25,31)(H,29,32). The van der Waals surface area contributed by atoms with E-state index in [1.165, 1.54) is 31.4 Å². The van der Waals surface area contributed by atoms with Crippen LogP contribution in [0.5, 0.6) is 0 Å². The summed E-state index contributed by atoms with van der Waals surface area (Å²) in [6.07, 6.45) is 0.831. The van der Waals surface area contributed by atoms with Gasteiger partial charge < -0.3 is 16.2 Å². The molecule has 1 aromatic carbocycles. The molecule has 0 spiro atoms. The summed E-state index contributed by atoms with van der Waals surface area (Å²) < 4.78 is 13.9. The van der Waals surface area contributed by atoms with Crippen LogP contribution < -0.4 is 11.1 Å². The van der Waals surface area contributed by atoms with Gasteiger partial charge in [-0.25, -0.2) is 14.4 Å². The van der Waals surface area contributed by atoms with E-state index in [0.717, 1.165) is 0 Å². The normalized spacial score (nSPS) is 14.5. The average Bonchev–Trinajstić information content (AvgIpc) is 3.28. The van der Waals surface area contributed by atoms with Gasteiger partial charge in [-0.3, -0.25) is 14.6 Å². The summed E-state index contributed by atoms with van der Waals surface area (Å²) in [5.74, 6) is -1.85. The second-order valence-corrected chi connectivity index (χ2v) is 9.39. The van der Waals surface area contributed by atoms with Crippen LogP contribution in [0.4, 0.5) is 4.39 Å². The molecule has 2 amide bonds. The molecule has 8 nitrogen and oxygen atoms in total. The van der Waals surface area contributed by atoms with Crippen LogP contribution in [0.15, 0.2) is 41.4 Å². The fourth-order valence-corrected chi connectivity index (χ4v) is 4.08. The Balaban J connectivity index is 1.76. The summed E-state index contributed by atoms with van der Waals surface area (Å²) in [5.41, 5.74) is 7.74. The van der Waals surface area contributed by atoms with E-state index in [1.807, 2.05) is 11.4 Å². The first-order valence-corrected chi connectivity index (χ1v) is 11.6. The molecule has 0 fully saturated rings. The smallest absolute Gasteiger partial charge is 0.271 e. The fourth-order valence-electron chi connectivity index (χ4n) is 3.51. The van der Waals surface area contributed by atoms with E-state index in [-0.39, 0.29) is 31.4 Å². The number of hydrogen-bond acceptors (Lipinski definition) is 7. The molecule has 0 radical (unpaired) electrons. The van der Waals surface area contributed by atoms with Gasteiger partial charge in [-0.2, -0.15) is 0 Å². The Labute approximate surface area is 195 Å². The Bertz CT molecular complexity index is 1090. The minimum absolute atomic E-state index is 0.0100. The molecular weight excluding hydrogens is 445 g/mol. The van der Waals surface area contributed by atoms with E-state index in [2.05, 4.69) is 20.3 Å². The zero-order chi connectivity index (χ0) is 24.0. The Morgan fingerprint density at radius 1 is 1.24 bits per heavy atom. The Hall–Kier alpha value is -2.98. The van der Waals surface area contributed by atoms with Gasteiger partial charge in [0.25, 0.3) is 5.91 Å². The number of rotatable bonds is 11. The number of aromatic nitrogens is 3. The van der Waals surface area contributed by atoms with Gasteiger partial charge in [0.15, 0.2) is 0 Å². The highest BCUT2D eigenvalue weighted by atomic mass is 32.1. The van der Waals surface area contributed by atoms with Gasteiger partial charge in [0.2, 0.25) is 5.91 Å². The van der Waals surface area contributed by atoms with Crippen molar-refractivity contribution >= 4 is 34.2 Å². The highest BCUT2D eigenvalue weighted by Gasteiger charge is 2.30. The number of amides is 2. The zero-order valence-electron chi connectivity index (χ0n) is 18.6. The lowest BCUT2D eigenvalue weighted by Crippen LogP contribution is -2.46. The summed E-state index contributed by atoms with van der Waals surface area (Å²) >= 11 is 1.40. The second-order valence-electron chi connectivity index (χ2n) is 8.67. The molecule has 3 unspecified atom stereocenters.